The van der Waals surface area contributed by atoms with Gasteiger partial charge >= 0.3 is 0 Å². The van der Waals surface area contributed by atoms with Gasteiger partial charge in [0.05, 0.1) is 18.2 Å². The molecule has 0 saturated carbocycles. The zero-order chi connectivity index (χ0) is 17.9. The van der Waals surface area contributed by atoms with Crippen LogP contribution < -0.4 is 10.1 Å². The zero-order valence-corrected chi connectivity index (χ0v) is 15.5. The second kappa shape index (κ2) is 7.71. The number of amides is 1. The highest BCUT2D eigenvalue weighted by Crippen LogP contribution is 2.23. The van der Waals surface area contributed by atoms with Gasteiger partial charge in [-0.2, -0.15) is 5.10 Å². The van der Waals surface area contributed by atoms with Crippen LogP contribution in [0.5, 0.6) is 5.75 Å². The lowest BCUT2D eigenvalue weighted by atomic mass is 9.98. The number of carbonyl (C=O) groups excluding carboxylic acids is 1. The average Bonchev–Trinajstić information content (AvgIpc) is 2.79. The first-order valence-electron chi connectivity index (χ1n) is 7.99. The number of ether oxygens (including phenoxy) is 1. The smallest absolute Gasteiger partial charge is 0.227 e. The summed E-state index contributed by atoms with van der Waals surface area (Å²) in [6.45, 7) is 8.16. The number of nitrogens with zero attached hydrogens (tertiary/aromatic N) is 2. The number of carbonyl (C=O) groups is 1. The molecule has 0 radical (unpaired) electrons. The van der Waals surface area contributed by atoms with Gasteiger partial charge in [0.2, 0.25) is 5.91 Å². The van der Waals surface area contributed by atoms with Gasteiger partial charge in [0.15, 0.2) is 0 Å². The van der Waals surface area contributed by atoms with Crippen LogP contribution in [0.4, 0.5) is 0 Å². The van der Waals surface area contributed by atoms with Crippen molar-refractivity contribution in [1.29, 1.82) is 0 Å². The van der Waals surface area contributed by atoms with Crippen molar-refractivity contribution in [1.82, 2.24) is 15.1 Å². The standard InChI is InChI=1S/C18H24ClN3O2/c1-11(24-16-8-6-15(19)7-9-16)10-20-18(23)12(2)17-13(3)21-22(5)14(17)4/h6-9,11-12H,10H2,1-5H3,(H,20,23)/t11-,12+/m0/s1. The molecule has 1 heterocycles. The highest BCUT2D eigenvalue weighted by atomic mass is 35.5. The SMILES string of the molecule is Cc1nn(C)c(C)c1[C@@H](C)C(=O)NC[C@H](C)Oc1ccc(Cl)cc1. The van der Waals surface area contributed by atoms with Crippen LogP contribution in [-0.2, 0) is 11.8 Å². The number of halogens is 1. The molecule has 1 aromatic carbocycles. The second-order valence-electron chi connectivity index (χ2n) is 6.06. The van der Waals surface area contributed by atoms with Crippen molar-refractivity contribution >= 4 is 17.5 Å². The van der Waals surface area contributed by atoms with Gasteiger partial charge in [0, 0.05) is 23.3 Å². The van der Waals surface area contributed by atoms with Crippen LogP contribution in [0.2, 0.25) is 5.02 Å². The molecule has 0 aliphatic heterocycles. The molecular weight excluding hydrogens is 326 g/mol. The number of aryl methyl sites for hydroxylation is 2. The van der Waals surface area contributed by atoms with Gasteiger partial charge in [-0.05, 0) is 52.0 Å². The summed E-state index contributed by atoms with van der Waals surface area (Å²) in [7, 11) is 1.89. The van der Waals surface area contributed by atoms with Crippen molar-refractivity contribution in [3.8, 4) is 5.75 Å². The summed E-state index contributed by atoms with van der Waals surface area (Å²) in [4.78, 5) is 12.4. The van der Waals surface area contributed by atoms with E-state index in [2.05, 4.69) is 10.4 Å². The third-order valence-corrected chi connectivity index (χ3v) is 4.36. The van der Waals surface area contributed by atoms with Crippen molar-refractivity contribution < 1.29 is 9.53 Å². The monoisotopic (exact) mass is 349 g/mol. The summed E-state index contributed by atoms with van der Waals surface area (Å²) in [5, 5.41) is 7.99. The van der Waals surface area contributed by atoms with E-state index in [9.17, 15) is 4.79 Å². The van der Waals surface area contributed by atoms with E-state index in [0.717, 1.165) is 22.7 Å². The van der Waals surface area contributed by atoms with Gasteiger partial charge in [-0.3, -0.25) is 9.48 Å². The molecule has 0 aliphatic rings. The summed E-state index contributed by atoms with van der Waals surface area (Å²) in [6.07, 6.45) is -0.140. The number of rotatable bonds is 6. The third-order valence-electron chi connectivity index (χ3n) is 4.11. The fraction of sp³-hybridized carbons (Fsp3) is 0.444. The predicted molar refractivity (Wildman–Crippen MR) is 95.6 cm³/mol. The largest absolute Gasteiger partial charge is 0.489 e. The summed E-state index contributed by atoms with van der Waals surface area (Å²) >= 11 is 5.85. The third kappa shape index (κ3) is 4.29. The Labute approximate surface area is 148 Å². The second-order valence-corrected chi connectivity index (χ2v) is 6.49. The van der Waals surface area contributed by atoms with Crippen LogP contribution >= 0.6 is 11.6 Å². The quantitative estimate of drug-likeness (QED) is 0.869. The maximum absolute atomic E-state index is 12.4. The lowest BCUT2D eigenvalue weighted by Crippen LogP contribution is -2.36. The van der Waals surface area contributed by atoms with Crippen molar-refractivity contribution in [2.75, 3.05) is 6.54 Å². The van der Waals surface area contributed by atoms with Gasteiger partial charge in [0.25, 0.3) is 0 Å². The molecule has 1 amide bonds. The zero-order valence-electron chi connectivity index (χ0n) is 14.8. The minimum Gasteiger partial charge on any atom is -0.489 e. The Morgan fingerprint density at radius 3 is 2.46 bits per heavy atom. The molecule has 1 N–H and O–H groups in total. The molecular formula is C18H24ClN3O2. The van der Waals surface area contributed by atoms with Gasteiger partial charge in [0.1, 0.15) is 11.9 Å². The molecule has 0 unspecified atom stereocenters. The maximum Gasteiger partial charge on any atom is 0.227 e. The average molecular weight is 350 g/mol. The van der Waals surface area contributed by atoms with Gasteiger partial charge in [-0.15, -0.1) is 0 Å². The van der Waals surface area contributed by atoms with Crippen LogP contribution in [-0.4, -0.2) is 28.3 Å². The van der Waals surface area contributed by atoms with Crippen LogP contribution in [0.25, 0.3) is 0 Å². The fourth-order valence-corrected chi connectivity index (χ4v) is 2.86. The number of nitrogens with one attached hydrogen (secondary N) is 1. The Hall–Kier alpha value is -2.01. The van der Waals surface area contributed by atoms with Crippen molar-refractivity contribution in [2.24, 2.45) is 7.05 Å². The van der Waals surface area contributed by atoms with Crippen LogP contribution in [0.1, 0.15) is 36.7 Å². The normalized spacial score (nSPS) is 13.4. The summed E-state index contributed by atoms with van der Waals surface area (Å²) in [5.74, 6) is 0.454. The van der Waals surface area contributed by atoms with Crippen LogP contribution in [0.3, 0.4) is 0 Å². The molecule has 5 nitrogen and oxygen atoms in total. The number of hydrogen-bond donors (Lipinski definition) is 1. The minimum absolute atomic E-state index is 0.0271. The first-order valence-corrected chi connectivity index (χ1v) is 8.37. The van der Waals surface area contributed by atoms with Crippen LogP contribution in [0.15, 0.2) is 24.3 Å². The molecule has 2 rings (SSSR count). The van der Waals surface area contributed by atoms with E-state index in [0.29, 0.717) is 11.6 Å². The molecule has 0 aliphatic carbocycles. The summed E-state index contributed by atoms with van der Waals surface area (Å²) in [6, 6.07) is 7.17. The lowest BCUT2D eigenvalue weighted by molar-refractivity contribution is -0.122. The van der Waals surface area contributed by atoms with E-state index in [1.807, 2.05) is 46.9 Å². The molecule has 0 bridgehead atoms. The number of aromatic nitrogens is 2. The number of benzene rings is 1. The Bertz CT molecular complexity index is 710. The Morgan fingerprint density at radius 2 is 1.92 bits per heavy atom. The molecule has 2 aromatic rings. The molecule has 0 saturated heterocycles. The van der Waals surface area contributed by atoms with E-state index in [4.69, 9.17) is 16.3 Å². The molecule has 1 aromatic heterocycles. The first-order chi connectivity index (χ1) is 11.3. The van der Waals surface area contributed by atoms with Crippen LogP contribution in [0, 0.1) is 13.8 Å². The highest BCUT2D eigenvalue weighted by Gasteiger charge is 2.22. The van der Waals surface area contributed by atoms with Gasteiger partial charge in [-0.25, -0.2) is 0 Å². The van der Waals surface area contributed by atoms with E-state index in [-0.39, 0.29) is 17.9 Å². The van der Waals surface area contributed by atoms with E-state index >= 15 is 0 Å². The first kappa shape index (κ1) is 18.3. The molecule has 0 fully saturated rings. The molecule has 6 heteroatoms. The van der Waals surface area contributed by atoms with E-state index in [1.54, 1.807) is 16.8 Å². The molecule has 130 valence electrons. The topological polar surface area (TPSA) is 56.2 Å². The summed E-state index contributed by atoms with van der Waals surface area (Å²) in [5.41, 5.74) is 2.89. The Morgan fingerprint density at radius 1 is 1.29 bits per heavy atom. The Balaban J connectivity index is 1.91. The maximum atomic E-state index is 12.4. The highest BCUT2D eigenvalue weighted by molar-refractivity contribution is 6.30. The molecule has 24 heavy (non-hydrogen) atoms. The fourth-order valence-electron chi connectivity index (χ4n) is 2.73. The van der Waals surface area contributed by atoms with E-state index < -0.39 is 0 Å². The molecule has 2 atom stereocenters. The minimum atomic E-state index is -0.249. The summed E-state index contributed by atoms with van der Waals surface area (Å²) < 4.78 is 7.57. The van der Waals surface area contributed by atoms with E-state index in [1.165, 1.54) is 0 Å². The Kier molecular flexibility index (Phi) is 5.89. The lowest BCUT2D eigenvalue weighted by Gasteiger charge is -2.18. The van der Waals surface area contributed by atoms with Gasteiger partial charge < -0.3 is 10.1 Å². The van der Waals surface area contributed by atoms with Crippen molar-refractivity contribution in [3.63, 3.8) is 0 Å². The molecule has 0 spiro atoms. The van der Waals surface area contributed by atoms with Crippen molar-refractivity contribution in [2.45, 2.75) is 39.7 Å². The van der Waals surface area contributed by atoms with Gasteiger partial charge in [-0.1, -0.05) is 11.6 Å². The number of hydrogen-bond acceptors (Lipinski definition) is 3. The predicted octanol–water partition coefficient (Wildman–Crippen LogP) is 3.38. The van der Waals surface area contributed by atoms with Crippen molar-refractivity contribution in [3.05, 3.63) is 46.2 Å².